The normalized spacial score (nSPS) is 11.9. The van der Waals surface area contributed by atoms with E-state index in [1.165, 1.54) is 12.1 Å². The van der Waals surface area contributed by atoms with Gasteiger partial charge in [-0.05, 0) is 69.3 Å². The highest BCUT2D eigenvalue weighted by Gasteiger charge is 2.17. The van der Waals surface area contributed by atoms with Crippen LogP contribution in [0.2, 0.25) is 0 Å². The second-order valence-corrected chi connectivity index (χ2v) is 6.23. The first-order chi connectivity index (χ1) is 13.0. The van der Waals surface area contributed by atoms with Gasteiger partial charge in [0.15, 0.2) is 0 Å². The monoisotopic (exact) mass is 367 g/mol. The molecular formula is C21H22FN3O2. The zero-order valence-corrected chi connectivity index (χ0v) is 15.6. The molecule has 6 heteroatoms. The highest BCUT2D eigenvalue weighted by Crippen LogP contribution is 2.21. The molecule has 2 aromatic carbocycles. The molecule has 1 aromatic heterocycles. The summed E-state index contributed by atoms with van der Waals surface area (Å²) in [6.45, 7) is 6.33. The van der Waals surface area contributed by atoms with E-state index in [1.54, 1.807) is 47.3 Å². The molecule has 0 aliphatic rings. The largest absolute Gasteiger partial charge is 0.494 e. The second-order valence-electron chi connectivity index (χ2n) is 6.23. The first-order valence-corrected chi connectivity index (χ1v) is 8.83. The molecule has 0 bridgehead atoms. The van der Waals surface area contributed by atoms with Crippen molar-refractivity contribution in [1.82, 2.24) is 15.1 Å². The number of amides is 1. The third kappa shape index (κ3) is 4.16. The Bertz CT molecular complexity index is 918. The number of benzene rings is 2. The molecule has 0 radical (unpaired) electrons. The Morgan fingerprint density at radius 1 is 1.19 bits per heavy atom. The first-order valence-electron chi connectivity index (χ1n) is 8.83. The molecule has 0 fully saturated rings. The van der Waals surface area contributed by atoms with E-state index < -0.39 is 0 Å². The van der Waals surface area contributed by atoms with Crippen molar-refractivity contribution >= 4 is 5.91 Å². The number of carbonyl (C=O) groups is 1. The molecule has 1 heterocycles. The number of carbonyl (C=O) groups excluding carboxylic acids is 1. The fourth-order valence-corrected chi connectivity index (χ4v) is 2.92. The lowest BCUT2D eigenvalue weighted by molar-refractivity contribution is 0.0940. The van der Waals surface area contributed by atoms with Crippen LogP contribution in [-0.2, 0) is 0 Å². The Kier molecular flexibility index (Phi) is 5.54. The summed E-state index contributed by atoms with van der Waals surface area (Å²) >= 11 is 0. The van der Waals surface area contributed by atoms with Gasteiger partial charge in [0.1, 0.15) is 11.6 Å². The quantitative estimate of drug-likeness (QED) is 0.710. The Labute approximate surface area is 157 Å². The van der Waals surface area contributed by atoms with Crippen molar-refractivity contribution in [3.63, 3.8) is 0 Å². The molecule has 27 heavy (non-hydrogen) atoms. The average molecular weight is 367 g/mol. The molecule has 0 saturated heterocycles. The molecule has 0 aliphatic carbocycles. The molecule has 5 nitrogen and oxygen atoms in total. The van der Waals surface area contributed by atoms with E-state index in [0.717, 1.165) is 22.7 Å². The Hall–Kier alpha value is -3.15. The van der Waals surface area contributed by atoms with E-state index in [2.05, 4.69) is 10.4 Å². The minimum absolute atomic E-state index is 0.167. The molecule has 1 amide bonds. The molecular weight excluding hydrogens is 345 g/mol. The third-order valence-corrected chi connectivity index (χ3v) is 4.36. The van der Waals surface area contributed by atoms with Crippen molar-refractivity contribution < 1.29 is 13.9 Å². The van der Waals surface area contributed by atoms with Gasteiger partial charge in [-0.3, -0.25) is 4.79 Å². The highest BCUT2D eigenvalue weighted by atomic mass is 19.1. The number of hydrogen-bond acceptors (Lipinski definition) is 3. The summed E-state index contributed by atoms with van der Waals surface area (Å²) in [5.74, 6) is 0.276. The number of halogens is 1. The first kappa shape index (κ1) is 18.6. The Balaban J connectivity index is 1.73. The zero-order valence-electron chi connectivity index (χ0n) is 15.6. The second kappa shape index (κ2) is 8.03. The number of aromatic nitrogens is 2. The van der Waals surface area contributed by atoms with Gasteiger partial charge in [-0.25, -0.2) is 9.07 Å². The maximum Gasteiger partial charge on any atom is 0.251 e. The van der Waals surface area contributed by atoms with Crippen molar-refractivity contribution in [1.29, 1.82) is 0 Å². The summed E-state index contributed by atoms with van der Waals surface area (Å²) in [5, 5.41) is 7.36. The number of nitrogens with zero attached hydrogens (tertiary/aromatic N) is 2. The zero-order chi connectivity index (χ0) is 19.4. The summed E-state index contributed by atoms with van der Waals surface area (Å²) in [6, 6.07) is 12.9. The number of rotatable bonds is 6. The molecule has 0 spiro atoms. The van der Waals surface area contributed by atoms with Gasteiger partial charge in [-0.2, -0.15) is 5.10 Å². The van der Waals surface area contributed by atoms with Crippen LogP contribution >= 0.6 is 0 Å². The minimum Gasteiger partial charge on any atom is -0.494 e. The van der Waals surface area contributed by atoms with Crippen molar-refractivity contribution in [2.24, 2.45) is 0 Å². The number of hydrogen-bond donors (Lipinski definition) is 1. The predicted octanol–water partition coefficient (Wildman–Crippen LogP) is 4.21. The van der Waals surface area contributed by atoms with Crippen LogP contribution in [0.5, 0.6) is 5.75 Å². The topological polar surface area (TPSA) is 56.1 Å². The van der Waals surface area contributed by atoms with Crippen LogP contribution in [0, 0.1) is 12.7 Å². The SMILES string of the molecule is CCOc1ccc(C(=O)NC(C)c2cnn(-c3ccc(F)cc3)c2C)cc1. The van der Waals surface area contributed by atoms with Crippen LogP contribution in [0.4, 0.5) is 4.39 Å². The summed E-state index contributed by atoms with van der Waals surface area (Å²) in [6.07, 6.45) is 1.72. The van der Waals surface area contributed by atoms with E-state index in [9.17, 15) is 9.18 Å². The van der Waals surface area contributed by atoms with Crippen molar-refractivity contribution in [3.05, 3.63) is 77.4 Å². The highest BCUT2D eigenvalue weighted by molar-refractivity contribution is 5.94. The van der Waals surface area contributed by atoms with Gasteiger partial charge in [0.05, 0.1) is 24.5 Å². The molecule has 0 aliphatic heterocycles. The van der Waals surface area contributed by atoms with Gasteiger partial charge in [0, 0.05) is 16.8 Å². The summed E-state index contributed by atoms with van der Waals surface area (Å²) in [5.41, 5.74) is 3.12. The van der Waals surface area contributed by atoms with Crippen LogP contribution in [0.15, 0.2) is 54.7 Å². The lowest BCUT2D eigenvalue weighted by Gasteiger charge is -2.14. The van der Waals surface area contributed by atoms with Gasteiger partial charge in [0.2, 0.25) is 0 Å². The lowest BCUT2D eigenvalue weighted by atomic mass is 10.1. The van der Waals surface area contributed by atoms with Crippen molar-refractivity contribution in [3.8, 4) is 11.4 Å². The van der Waals surface area contributed by atoms with Gasteiger partial charge in [0.25, 0.3) is 5.91 Å². The van der Waals surface area contributed by atoms with Gasteiger partial charge in [-0.15, -0.1) is 0 Å². The number of nitrogens with one attached hydrogen (secondary N) is 1. The maximum absolute atomic E-state index is 13.1. The van der Waals surface area contributed by atoms with E-state index in [-0.39, 0.29) is 17.8 Å². The molecule has 140 valence electrons. The van der Waals surface area contributed by atoms with Crippen LogP contribution in [0.1, 0.15) is 41.5 Å². The third-order valence-electron chi connectivity index (χ3n) is 4.36. The molecule has 1 N–H and O–H groups in total. The van der Waals surface area contributed by atoms with E-state index in [4.69, 9.17) is 4.74 Å². The van der Waals surface area contributed by atoms with Crippen LogP contribution in [0.25, 0.3) is 5.69 Å². The molecule has 3 rings (SSSR count). The van der Waals surface area contributed by atoms with E-state index in [0.29, 0.717) is 12.2 Å². The molecule has 0 saturated carbocycles. The Morgan fingerprint density at radius 3 is 2.48 bits per heavy atom. The van der Waals surface area contributed by atoms with Gasteiger partial charge < -0.3 is 10.1 Å². The van der Waals surface area contributed by atoms with Crippen molar-refractivity contribution in [2.75, 3.05) is 6.61 Å². The summed E-state index contributed by atoms with van der Waals surface area (Å²) < 4.78 is 20.2. The van der Waals surface area contributed by atoms with Gasteiger partial charge in [-0.1, -0.05) is 0 Å². The summed E-state index contributed by atoms with van der Waals surface area (Å²) in [7, 11) is 0. The van der Waals surface area contributed by atoms with E-state index >= 15 is 0 Å². The fourth-order valence-electron chi connectivity index (χ4n) is 2.92. The molecule has 1 atom stereocenters. The van der Waals surface area contributed by atoms with Crippen molar-refractivity contribution in [2.45, 2.75) is 26.8 Å². The smallest absolute Gasteiger partial charge is 0.251 e. The molecule has 1 unspecified atom stereocenters. The lowest BCUT2D eigenvalue weighted by Crippen LogP contribution is -2.26. The van der Waals surface area contributed by atoms with Crippen LogP contribution < -0.4 is 10.1 Å². The molecule has 3 aromatic rings. The maximum atomic E-state index is 13.1. The number of ether oxygens (including phenoxy) is 1. The van der Waals surface area contributed by atoms with Crippen LogP contribution in [-0.4, -0.2) is 22.3 Å². The van der Waals surface area contributed by atoms with Crippen LogP contribution in [0.3, 0.4) is 0 Å². The predicted molar refractivity (Wildman–Crippen MR) is 102 cm³/mol. The summed E-state index contributed by atoms with van der Waals surface area (Å²) in [4.78, 5) is 12.5. The Morgan fingerprint density at radius 2 is 1.85 bits per heavy atom. The minimum atomic E-state index is -0.292. The average Bonchev–Trinajstić information content (AvgIpc) is 3.05. The standard InChI is InChI=1S/C21H22FN3O2/c1-4-27-19-11-5-16(6-12-19)21(26)24-14(2)20-13-23-25(15(20)3)18-9-7-17(22)8-10-18/h5-14H,4H2,1-3H3,(H,24,26). The fraction of sp³-hybridized carbons (Fsp3) is 0.238. The van der Waals surface area contributed by atoms with Gasteiger partial charge >= 0.3 is 0 Å². The van der Waals surface area contributed by atoms with E-state index in [1.807, 2.05) is 20.8 Å².